The molecule has 2 aromatic rings. The van der Waals surface area contributed by atoms with E-state index in [2.05, 4.69) is 17.0 Å². The standard InChI is InChI=1S/C24H29NO4S/c1-24(2,3)29-23(27)28-22(26)21(14-18-10-6-4-7-11-18)25-15-20(25)17-30-16-19-12-8-5-9-13-19/h4-13,20-21H,14-17H2,1-3H3/t20?,21-,25?/m0/s1. The molecule has 0 spiro atoms. The van der Waals surface area contributed by atoms with Gasteiger partial charge in [0.1, 0.15) is 11.6 Å². The van der Waals surface area contributed by atoms with E-state index in [4.69, 9.17) is 9.47 Å². The van der Waals surface area contributed by atoms with E-state index < -0.39 is 23.8 Å². The maximum Gasteiger partial charge on any atom is 0.516 e. The summed E-state index contributed by atoms with van der Waals surface area (Å²) >= 11 is 1.85. The molecule has 3 rings (SSSR count). The number of hydrogen-bond acceptors (Lipinski definition) is 6. The van der Waals surface area contributed by atoms with Crippen molar-refractivity contribution in [2.75, 3.05) is 12.3 Å². The van der Waals surface area contributed by atoms with Crippen LogP contribution in [-0.2, 0) is 26.4 Å². The van der Waals surface area contributed by atoms with Crippen LogP contribution in [0.2, 0.25) is 0 Å². The van der Waals surface area contributed by atoms with Crippen molar-refractivity contribution in [2.45, 2.75) is 50.6 Å². The van der Waals surface area contributed by atoms with Gasteiger partial charge in [-0.2, -0.15) is 11.8 Å². The number of thioether (sulfide) groups is 1. The highest BCUT2D eigenvalue weighted by Crippen LogP contribution is 2.29. The molecule has 0 aromatic heterocycles. The van der Waals surface area contributed by atoms with E-state index in [0.29, 0.717) is 12.5 Å². The number of ether oxygens (including phenoxy) is 2. The van der Waals surface area contributed by atoms with Crippen LogP contribution in [0.3, 0.4) is 0 Å². The molecule has 6 heteroatoms. The van der Waals surface area contributed by atoms with Crippen LogP contribution in [0.4, 0.5) is 4.79 Å². The van der Waals surface area contributed by atoms with E-state index >= 15 is 0 Å². The van der Waals surface area contributed by atoms with Crippen molar-refractivity contribution in [3.05, 3.63) is 71.8 Å². The zero-order valence-electron chi connectivity index (χ0n) is 17.7. The zero-order chi connectivity index (χ0) is 21.6. The molecule has 0 amide bonds. The Kier molecular flexibility index (Phi) is 7.56. The minimum absolute atomic E-state index is 0.304. The molecule has 160 valence electrons. The third-order valence-electron chi connectivity index (χ3n) is 4.70. The molecule has 0 radical (unpaired) electrons. The Bertz CT molecular complexity index is 835. The lowest BCUT2D eigenvalue weighted by molar-refractivity contribution is -0.145. The second-order valence-corrected chi connectivity index (χ2v) is 9.47. The summed E-state index contributed by atoms with van der Waals surface area (Å²) in [5, 5.41) is 0. The lowest BCUT2D eigenvalue weighted by Crippen LogP contribution is -2.37. The van der Waals surface area contributed by atoms with Gasteiger partial charge in [0.05, 0.1) is 0 Å². The van der Waals surface area contributed by atoms with Crippen LogP contribution in [0.15, 0.2) is 60.7 Å². The summed E-state index contributed by atoms with van der Waals surface area (Å²) in [5.41, 5.74) is 1.62. The average Bonchev–Trinajstić information content (AvgIpc) is 3.45. The normalized spacial score (nSPS) is 19.0. The Labute approximate surface area is 182 Å². The lowest BCUT2D eigenvalue weighted by Gasteiger charge is -2.21. The molecular weight excluding hydrogens is 398 g/mol. The van der Waals surface area contributed by atoms with Crippen molar-refractivity contribution >= 4 is 23.9 Å². The molecule has 2 aromatic carbocycles. The van der Waals surface area contributed by atoms with Gasteiger partial charge in [-0.1, -0.05) is 60.7 Å². The van der Waals surface area contributed by atoms with Gasteiger partial charge in [-0.15, -0.1) is 0 Å². The predicted molar refractivity (Wildman–Crippen MR) is 119 cm³/mol. The zero-order valence-corrected chi connectivity index (χ0v) is 18.6. The number of rotatable bonds is 8. The Balaban J connectivity index is 1.57. The van der Waals surface area contributed by atoms with E-state index in [0.717, 1.165) is 23.6 Å². The van der Waals surface area contributed by atoms with Crippen LogP contribution in [-0.4, -0.2) is 47.0 Å². The fraction of sp³-hybridized carbons (Fsp3) is 0.417. The van der Waals surface area contributed by atoms with Crippen LogP contribution in [0.1, 0.15) is 31.9 Å². The molecule has 1 saturated heterocycles. The van der Waals surface area contributed by atoms with Gasteiger partial charge >= 0.3 is 12.1 Å². The van der Waals surface area contributed by atoms with Gasteiger partial charge in [0.25, 0.3) is 0 Å². The Morgan fingerprint density at radius 3 is 2.23 bits per heavy atom. The highest BCUT2D eigenvalue weighted by Gasteiger charge is 2.44. The van der Waals surface area contributed by atoms with E-state index in [-0.39, 0.29) is 0 Å². The van der Waals surface area contributed by atoms with Crippen molar-refractivity contribution < 1.29 is 19.1 Å². The van der Waals surface area contributed by atoms with Gasteiger partial charge in [-0.05, 0) is 38.3 Å². The average molecular weight is 428 g/mol. The third-order valence-corrected chi connectivity index (χ3v) is 5.85. The molecule has 3 atom stereocenters. The van der Waals surface area contributed by atoms with Gasteiger partial charge in [-0.25, -0.2) is 9.59 Å². The van der Waals surface area contributed by atoms with Crippen LogP contribution in [0.25, 0.3) is 0 Å². The van der Waals surface area contributed by atoms with Gasteiger partial charge in [0.2, 0.25) is 0 Å². The van der Waals surface area contributed by atoms with E-state index in [9.17, 15) is 9.59 Å². The topological polar surface area (TPSA) is 55.6 Å². The number of esters is 1. The second-order valence-electron chi connectivity index (χ2n) is 8.44. The summed E-state index contributed by atoms with van der Waals surface area (Å²) in [4.78, 5) is 26.9. The van der Waals surface area contributed by atoms with E-state index in [1.54, 1.807) is 20.8 Å². The summed E-state index contributed by atoms with van der Waals surface area (Å²) < 4.78 is 10.2. The minimum atomic E-state index is -0.942. The molecule has 0 aliphatic carbocycles. The third kappa shape index (κ3) is 7.18. The van der Waals surface area contributed by atoms with Crippen molar-refractivity contribution in [3.8, 4) is 0 Å². The van der Waals surface area contributed by atoms with Crippen molar-refractivity contribution in [3.63, 3.8) is 0 Å². The Hall–Kier alpha value is -2.31. The Morgan fingerprint density at radius 1 is 1.03 bits per heavy atom. The monoisotopic (exact) mass is 427 g/mol. The van der Waals surface area contributed by atoms with E-state index in [1.165, 1.54) is 5.56 Å². The first-order valence-corrected chi connectivity index (χ1v) is 11.3. The number of hydrogen-bond donors (Lipinski definition) is 0. The molecule has 5 nitrogen and oxygen atoms in total. The van der Waals surface area contributed by atoms with Crippen molar-refractivity contribution in [1.82, 2.24) is 4.90 Å². The van der Waals surface area contributed by atoms with Gasteiger partial charge in [0.15, 0.2) is 0 Å². The lowest BCUT2D eigenvalue weighted by atomic mass is 10.1. The molecule has 1 fully saturated rings. The van der Waals surface area contributed by atoms with Crippen LogP contribution >= 0.6 is 11.8 Å². The van der Waals surface area contributed by atoms with Gasteiger partial charge in [0, 0.05) is 24.1 Å². The van der Waals surface area contributed by atoms with Gasteiger partial charge in [-0.3, -0.25) is 4.90 Å². The first-order valence-electron chi connectivity index (χ1n) is 10.2. The minimum Gasteiger partial charge on any atom is -0.428 e. The van der Waals surface area contributed by atoms with Crippen molar-refractivity contribution in [1.29, 1.82) is 0 Å². The highest BCUT2D eigenvalue weighted by atomic mass is 32.2. The van der Waals surface area contributed by atoms with Crippen LogP contribution in [0, 0.1) is 0 Å². The first kappa shape index (κ1) is 22.4. The molecule has 0 N–H and O–H groups in total. The fourth-order valence-corrected chi connectivity index (χ4v) is 4.32. The predicted octanol–water partition coefficient (Wildman–Crippen LogP) is 4.69. The summed E-state index contributed by atoms with van der Waals surface area (Å²) in [7, 11) is 0. The first-order chi connectivity index (χ1) is 14.3. The number of carbonyl (C=O) groups excluding carboxylic acids is 2. The molecule has 0 bridgehead atoms. The maximum atomic E-state index is 12.8. The number of carbonyl (C=O) groups is 2. The number of nitrogens with zero attached hydrogens (tertiary/aromatic N) is 1. The Morgan fingerprint density at radius 2 is 1.63 bits per heavy atom. The molecule has 1 heterocycles. The quantitative estimate of drug-likeness (QED) is 0.346. The molecule has 0 saturated carbocycles. The SMILES string of the molecule is CC(C)(C)OC(=O)OC(=O)[C@H](Cc1ccccc1)N1CC1CSCc1ccccc1. The molecule has 1 aliphatic heterocycles. The molecular formula is C24H29NO4S. The highest BCUT2D eigenvalue weighted by molar-refractivity contribution is 7.98. The largest absolute Gasteiger partial charge is 0.516 e. The second kappa shape index (κ2) is 10.1. The summed E-state index contributed by atoms with van der Waals surface area (Å²) in [5.74, 6) is 1.32. The molecule has 1 aliphatic rings. The summed E-state index contributed by atoms with van der Waals surface area (Å²) in [6, 6.07) is 19.9. The molecule has 30 heavy (non-hydrogen) atoms. The van der Waals surface area contributed by atoms with Crippen molar-refractivity contribution in [2.24, 2.45) is 0 Å². The van der Waals surface area contributed by atoms with Crippen LogP contribution < -0.4 is 0 Å². The number of benzene rings is 2. The van der Waals surface area contributed by atoms with E-state index in [1.807, 2.05) is 60.3 Å². The maximum absolute atomic E-state index is 12.8. The van der Waals surface area contributed by atoms with Crippen LogP contribution in [0.5, 0.6) is 0 Å². The van der Waals surface area contributed by atoms with Gasteiger partial charge < -0.3 is 9.47 Å². The fourth-order valence-electron chi connectivity index (χ4n) is 3.21. The summed E-state index contributed by atoms with van der Waals surface area (Å²) in [6.45, 7) is 6.04. The summed E-state index contributed by atoms with van der Waals surface area (Å²) in [6.07, 6.45) is -0.440. The smallest absolute Gasteiger partial charge is 0.428 e. The molecule has 2 unspecified atom stereocenters.